The zero-order chi connectivity index (χ0) is 11.4. The second-order valence-corrected chi connectivity index (χ2v) is 3.25. The number of rotatable bonds is 3. The summed E-state index contributed by atoms with van der Waals surface area (Å²) in [4.78, 5) is 11.2. The third-order valence-corrected chi connectivity index (χ3v) is 2.09. The molecule has 0 fully saturated rings. The maximum atomic E-state index is 11.2. The molecule has 0 aromatic heterocycles. The number of esters is 1. The van der Waals surface area contributed by atoms with Gasteiger partial charge in [-0.15, -0.1) is 0 Å². The number of aromatic hydroxyl groups is 2. The minimum atomic E-state index is -0.652. The summed E-state index contributed by atoms with van der Waals surface area (Å²) < 4.78 is 4.50. The number of hydrogen-bond donors (Lipinski definition) is 2. The SMILES string of the molecule is CCCc1cc(O)c(O)c(C(=O)OC)c1. The highest BCUT2D eigenvalue weighted by Gasteiger charge is 2.16. The van der Waals surface area contributed by atoms with Crippen LogP contribution >= 0.6 is 0 Å². The topological polar surface area (TPSA) is 66.8 Å². The van der Waals surface area contributed by atoms with E-state index in [2.05, 4.69) is 4.74 Å². The molecule has 0 saturated heterocycles. The Labute approximate surface area is 88.1 Å². The van der Waals surface area contributed by atoms with E-state index in [-0.39, 0.29) is 11.3 Å². The predicted octanol–water partition coefficient (Wildman–Crippen LogP) is 1.84. The van der Waals surface area contributed by atoms with Crippen molar-refractivity contribution in [1.29, 1.82) is 0 Å². The molecule has 82 valence electrons. The van der Waals surface area contributed by atoms with Crippen molar-refractivity contribution in [3.05, 3.63) is 23.3 Å². The normalized spacial score (nSPS) is 10.0. The summed E-state index contributed by atoms with van der Waals surface area (Å²) in [5.41, 5.74) is 0.800. The number of carbonyl (C=O) groups excluding carboxylic acids is 1. The molecule has 0 amide bonds. The van der Waals surface area contributed by atoms with Crippen molar-refractivity contribution < 1.29 is 19.7 Å². The molecule has 1 aromatic carbocycles. The zero-order valence-electron chi connectivity index (χ0n) is 8.78. The van der Waals surface area contributed by atoms with Gasteiger partial charge in [0.1, 0.15) is 5.56 Å². The molecule has 1 rings (SSSR count). The van der Waals surface area contributed by atoms with Crippen LogP contribution in [0.5, 0.6) is 11.5 Å². The van der Waals surface area contributed by atoms with Gasteiger partial charge in [0, 0.05) is 0 Å². The number of phenols is 2. The molecule has 1 aromatic rings. The maximum Gasteiger partial charge on any atom is 0.341 e. The van der Waals surface area contributed by atoms with Crippen LogP contribution in [0.4, 0.5) is 0 Å². The first-order valence-corrected chi connectivity index (χ1v) is 4.73. The van der Waals surface area contributed by atoms with Crippen molar-refractivity contribution in [2.45, 2.75) is 19.8 Å². The van der Waals surface area contributed by atoms with Gasteiger partial charge in [-0.1, -0.05) is 13.3 Å². The Morgan fingerprint density at radius 1 is 1.40 bits per heavy atom. The highest BCUT2D eigenvalue weighted by molar-refractivity contribution is 5.93. The highest BCUT2D eigenvalue weighted by Crippen LogP contribution is 2.31. The third-order valence-electron chi connectivity index (χ3n) is 2.09. The minimum Gasteiger partial charge on any atom is -0.504 e. The van der Waals surface area contributed by atoms with E-state index in [1.165, 1.54) is 19.2 Å². The Morgan fingerprint density at radius 2 is 2.07 bits per heavy atom. The monoisotopic (exact) mass is 210 g/mol. The van der Waals surface area contributed by atoms with Crippen molar-refractivity contribution in [2.75, 3.05) is 7.11 Å². The lowest BCUT2D eigenvalue weighted by molar-refractivity contribution is 0.0596. The fourth-order valence-electron chi connectivity index (χ4n) is 1.38. The van der Waals surface area contributed by atoms with E-state index in [1.54, 1.807) is 0 Å². The molecule has 2 N–H and O–H groups in total. The number of aryl methyl sites for hydroxylation is 1. The van der Waals surface area contributed by atoms with Gasteiger partial charge in [-0.25, -0.2) is 4.79 Å². The molecule has 15 heavy (non-hydrogen) atoms. The summed E-state index contributed by atoms with van der Waals surface area (Å²) in [6, 6.07) is 2.98. The number of methoxy groups -OCH3 is 1. The van der Waals surface area contributed by atoms with E-state index in [4.69, 9.17) is 0 Å². The van der Waals surface area contributed by atoms with Crippen molar-refractivity contribution in [2.24, 2.45) is 0 Å². The number of carbonyl (C=O) groups is 1. The van der Waals surface area contributed by atoms with Gasteiger partial charge in [0.05, 0.1) is 7.11 Å². The van der Waals surface area contributed by atoms with Gasteiger partial charge >= 0.3 is 5.97 Å². The molecule has 0 atom stereocenters. The van der Waals surface area contributed by atoms with Crippen LogP contribution in [0, 0.1) is 0 Å². The van der Waals surface area contributed by atoms with Crippen molar-refractivity contribution in [3.8, 4) is 11.5 Å². The first kappa shape index (κ1) is 11.4. The summed E-state index contributed by atoms with van der Waals surface area (Å²) >= 11 is 0. The van der Waals surface area contributed by atoms with Crippen LogP contribution in [0.15, 0.2) is 12.1 Å². The molecule has 0 radical (unpaired) electrons. The number of phenolic OH excluding ortho intramolecular Hbond substituents is 2. The van der Waals surface area contributed by atoms with Crippen molar-refractivity contribution in [3.63, 3.8) is 0 Å². The van der Waals surface area contributed by atoms with Gasteiger partial charge in [0.15, 0.2) is 11.5 Å². The van der Waals surface area contributed by atoms with Crippen LogP contribution in [-0.2, 0) is 11.2 Å². The first-order chi connectivity index (χ1) is 7.10. The van der Waals surface area contributed by atoms with Gasteiger partial charge in [0.2, 0.25) is 0 Å². The summed E-state index contributed by atoms with van der Waals surface area (Å²) in [5.74, 6) is -1.37. The quantitative estimate of drug-likeness (QED) is 0.590. The minimum absolute atomic E-state index is 0.000880. The van der Waals surface area contributed by atoms with Crippen LogP contribution in [0.2, 0.25) is 0 Å². The van der Waals surface area contributed by atoms with Crippen LogP contribution in [-0.4, -0.2) is 23.3 Å². The summed E-state index contributed by atoms with van der Waals surface area (Å²) in [7, 11) is 1.23. The molecular formula is C11H14O4. The molecular weight excluding hydrogens is 196 g/mol. The van der Waals surface area contributed by atoms with E-state index < -0.39 is 11.7 Å². The first-order valence-electron chi connectivity index (χ1n) is 4.73. The predicted molar refractivity (Wildman–Crippen MR) is 55.1 cm³/mol. The average molecular weight is 210 g/mol. The number of ether oxygens (including phenoxy) is 1. The summed E-state index contributed by atoms with van der Waals surface area (Å²) in [6.07, 6.45) is 1.63. The van der Waals surface area contributed by atoms with E-state index in [0.717, 1.165) is 18.4 Å². The standard InChI is InChI=1S/C11H14O4/c1-3-4-7-5-8(11(14)15-2)10(13)9(12)6-7/h5-6,12-13H,3-4H2,1-2H3. The Kier molecular flexibility index (Phi) is 3.55. The summed E-state index contributed by atoms with van der Waals surface area (Å²) in [5, 5.41) is 18.8. The second-order valence-electron chi connectivity index (χ2n) is 3.25. The Bertz CT molecular complexity index is 371. The van der Waals surface area contributed by atoms with Gasteiger partial charge < -0.3 is 14.9 Å². The maximum absolute atomic E-state index is 11.2. The van der Waals surface area contributed by atoms with Crippen molar-refractivity contribution in [1.82, 2.24) is 0 Å². The fourth-order valence-corrected chi connectivity index (χ4v) is 1.38. The van der Waals surface area contributed by atoms with E-state index >= 15 is 0 Å². The molecule has 0 aliphatic carbocycles. The van der Waals surface area contributed by atoms with Crippen LogP contribution < -0.4 is 0 Å². The highest BCUT2D eigenvalue weighted by atomic mass is 16.5. The smallest absolute Gasteiger partial charge is 0.341 e. The van der Waals surface area contributed by atoms with Crippen LogP contribution in [0.1, 0.15) is 29.3 Å². The zero-order valence-corrected chi connectivity index (χ0v) is 8.78. The summed E-state index contributed by atoms with van der Waals surface area (Å²) in [6.45, 7) is 1.99. The van der Waals surface area contributed by atoms with E-state index in [9.17, 15) is 15.0 Å². The van der Waals surface area contributed by atoms with Crippen molar-refractivity contribution >= 4 is 5.97 Å². The number of benzene rings is 1. The molecule has 4 heteroatoms. The molecule has 0 heterocycles. The van der Waals surface area contributed by atoms with Gasteiger partial charge in [0.25, 0.3) is 0 Å². The van der Waals surface area contributed by atoms with Crippen LogP contribution in [0.3, 0.4) is 0 Å². The molecule has 0 saturated carbocycles. The Hall–Kier alpha value is -1.71. The van der Waals surface area contributed by atoms with Crippen LogP contribution in [0.25, 0.3) is 0 Å². The number of hydrogen-bond acceptors (Lipinski definition) is 4. The fraction of sp³-hybridized carbons (Fsp3) is 0.364. The van der Waals surface area contributed by atoms with Gasteiger partial charge in [-0.2, -0.15) is 0 Å². The third kappa shape index (κ3) is 2.40. The Morgan fingerprint density at radius 3 is 2.60 bits per heavy atom. The molecule has 0 spiro atoms. The van der Waals surface area contributed by atoms with E-state index in [1.807, 2.05) is 6.92 Å². The molecule has 0 aliphatic heterocycles. The van der Waals surface area contributed by atoms with E-state index in [0.29, 0.717) is 0 Å². The van der Waals surface area contributed by atoms with Gasteiger partial charge in [-0.3, -0.25) is 0 Å². The largest absolute Gasteiger partial charge is 0.504 e. The Balaban J connectivity index is 3.18. The molecule has 0 aliphatic rings. The molecule has 0 bridgehead atoms. The molecule has 4 nitrogen and oxygen atoms in total. The molecule has 0 unspecified atom stereocenters. The second kappa shape index (κ2) is 4.68. The average Bonchev–Trinajstić information content (AvgIpc) is 2.22. The lowest BCUT2D eigenvalue weighted by atomic mass is 10.1. The lowest BCUT2D eigenvalue weighted by Crippen LogP contribution is -2.02. The lowest BCUT2D eigenvalue weighted by Gasteiger charge is -2.07. The van der Waals surface area contributed by atoms with Gasteiger partial charge in [-0.05, 0) is 24.1 Å².